The Balaban J connectivity index is 2.29. The highest BCUT2D eigenvalue weighted by atomic mass is 32.2. The highest BCUT2D eigenvalue weighted by Gasteiger charge is 2.19. The number of nitrogens with zero attached hydrogens (tertiary/aromatic N) is 1. The molecule has 1 heterocycles. The van der Waals surface area contributed by atoms with Crippen molar-refractivity contribution in [3.05, 3.63) is 47.6 Å². The van der Waals surface area contributed by atoms with Gasteiger partial charge in [-0.25, -0.2) is 4.40 Å². The molecular formula is C13H9NS2. The van der Waals surface area contributed by atoms with Crippen LogP contribution in [0.4, 0.5) is 0 Å². The number of fused-ring (bicyclic) bond motifs is 2. The first-order valence-electron chi connectivity index (χ1n) is 5.10. The molecular weight excluding hydrogens is 234 g/mol. The molecule has 0 atom stereocenters. The SMILES string of the molecule is S=C1CC=CC2=C1c1ccccc1SN=C2. The van der Waals surface area contributed by atoms with E-state index in [0.717, 1.165) is 16.9 Å². The van der Waals surface area contributed by atoms with Crippen LogP contribution in [0.5, 0.6) is 0 Å². The zero-order chi connectivity index (χ0) is 11.0. The predicted molar refractivity (Wildman–Crippen MR) is 74.1 cm³/mol. The molecule has 0 spiro atoms. The van der Waals surface area contributed by atoms with Gasteiger partial charge >= 0.3 is 0 Å². The summed E-state index contributed by atoms with van der Waals surface area (Å²) < 4.78 is 4.35. The molecule has 0 bridgehead atoms. The van der Waals surface area contributed by atoms with E-state index in [-0.39, 0.29) is 0 Å². The zero-order valence-corrected chi connectivity index (χ0v) is 10.1. The normalized spacial score (nSPS) is 18.1. The van der Waals surface area contributed by atoms with E-state index in [1.807, 2.05) is 12.3 Å². The van der Waals surface area contributed by atoms with Crippen molar-refractivity contribution >= 4 is 40.8 Å². The lowest BCUT2D eigenvalue weighted by Gasteiger charge is -2.15. The Labute approximate surface area is 104 Å². The average Bonchev–Trinajstić information content (AvgIpc) is 2.49. The molecule has 1 aliphatic heterocycles. The van der Waals surface area contributed by atoms with Crippen molar-refractivity contribution in [1.82, 2.24) is 0 Å². The minimum Gasteiger partial charge on any atom is -0.219 e. The van der Waals surface area contributed by atoms with Crippen molar-refractivity contribution in [2.45, 2.75) is 11.3 Å². The van der Waals surface area contributed by atoms with Crippen LogP contribution in [0, 0.1) is 0 Å². The van der Waals surface area contributed by atoms with Gasteiger partial charge in [0.1, 0.15) is 0 Å². The van der Waals surface area contributed by atoms with Gasteiger partial charge in [-0.05, 0) is 11.6 Å². The fraction of sp³-hybridized carbons (Fsp3) is 0.0769. The van der Waals surface area contributed by atoms with Crippen molar-refractivity contribution in [3.8, 4) is 0 Å². The highest BCUT2D eigenvalue weighted by Crippen LogP contribution is 2.36. The van der Waals surface area contributed by atoms with E-state index < -0.39 is 0 Å². The molecule has 1 nitrogen and oxygen atoms in total. The summed E-state index contributed by atoms with van der Waals surface area (Å²) in [7, 11) is 0. The summed E-state index contributed by atoms with van der Waals surface area (Å²) in [5.41, 5.74) is 3.53. The largest absolute Gasteiger partial charge is 0.219 e. The molecule has 0 N–H and O–H groups in total. The third kappa shape index (κ3) is 1.56. The van der Waals surface area contributed by atoms with Gasteiger partial charge < -0.3 is 0 Å². The second-order valence-corrected chi connectivity index (χ2v) is 5.01. The van der Waals surface area contributed by atoms with Crippen molar-refractivity contribution < 1.29 is 0 Å². The van der Waals surface area contributed by atoms with Gasteiger partial charge in [-0.3, -0.25) is 0 Å². The van der Waals surface area contributed by atoms with Gasteiger partial charge in [-0.1, -0.05) is 42.6 Å². The van der Waals surface area contributed by atoms with Crippen LogP contribution < -0.4 is 0 Å². The standard InChI is InChI=1S/C13H9NS2/c15-11-6-3-4-9-8-14-16-12-7-2-1-5-10(12)13(9)11/h1-5,7-8H,6H2. The van der Waals surface area contributed by atoms with E-state index in [1.165, 1.54) is 28.0 Å². The Kier molecular flexibility index (Phi) is 2.50. The van der Waals surface area contributed by atoms with E-state index in [9.17, 15) is 0 Å². The van der Waals surface area contributed by atoms with E-state index in [4.69, 9.17) is 12.2 Å². The second kappa shape index (κ2) is 4.00. The fourth-order valence-corrected chi connectivity index (χ4v) is 2.96. The van der Waals surface area contributed by atoms with Gasteiger partial charge in [0.25, 0.3) is 0 Å². The number of rotatable bonds is 0. The van der Waals surface area contributed by atoms with Gasteiger partial charge in [0.15, 0.2) is 0 Å². The van der Waals surface area contributed by atoms with Crippen LogP contribution in [0.25, 0.3) is 5.57 Å². The van der Waals surface area contributed by atoms with E-state index in [0.29, 0.717) is 0 Å². The van der Waals surface area contributed by atoms with Crippen molar-refractivity contribution in [2.75, 3.05) is 0 Å². The Morgan fingerprint density at radius 2 is 2.12 bits per heavy atom. The number of hydrogen-bond donors (Lipinski definition) is 0. The van der Waals surface area contributed by atoms with Crippen molar-refractivity contribution in [2.24, 2.45) is 4.40 Å². The molecule has 0 saturated carbocycles. The Morgan fingerprint density at radius 1 is 1.25 bits per heavy atom. The molecule has 0 saturated heterocycles. The predicted octanol–water partition coefficient (Wildman–Crippen LogP) is 3.86. The minimum absolute atomic E-state index is 0.862. The molecule has 0 radical (unpaired) electrons. The summed E-state index contributed by atoms with van der Waals surface area (Å²) in [6.07, 6.45) is 6.98. The zero-order valence-electron chi connectivity index (χ0n) is 8.51. The maximum absolute atomic E-state index is 5.46. The first kappa shape index (κ1) is 10.00. The average molecular weight is 243 g/mol. The third-order valence-electron chi connectivity index (χ3n) is 2.67. The number of hydrogen-bond acceptors (Lipinski definition) is 3. The lowest BCUT2D eigenvalue weighted by molar-refractivity contribution is 1.39. The molecule has 1 aliphatic carbocycles. The lowest BCUT2D eigenvalue weighted by atomic mass is 9.92. The van der Waals surface area contributed by atoms with Crippen molar-refractivity contribution in [1.29, 1.82) is 0 Å². The van der Waals surface area contributed by atoms with Crippen LogP contribution in [0.15, 0.2) is 51.3 Å². The number of allylic oxidation sites excluding steroid dienone is 4. The van der Waals surface area contributed by atoms with Crippen LogP contribution in [-0.2, 0) is 0 Å². The van der Waals surface area contributed by atoms with Crippen LogP contribution >= 0.6 is 24.2 Å². The van der Waals surface area contributed by atoms with Gasteiger partial charge in [0.2, 0.25) is 0 Å². The molecule has 0 fully saturated rings. The minimum atomic E-state index is 0.862. The van der Waals surface area contributed by atoms with Crippen LogP contribution in [0.1, 0.15) is 12.0 Å². The number of benzene rings is 1. The first-order valence-corrected chi connectivity index (χ1v) is 6.28. The lowest BCUT2D eigenvalue weighted by Crippen LogP contribution is -2.05. The molecule has 1 aromatic carbocycles. The smallest absolute Gasteiger partial charge is 0.0434 e. The summed E-state index contributed by atoms with van der Waals surface area (Å²) in [4.78, 5) is 2.19. The van der Waals surface area contributed by atoms with E-state index in [1.54, 1.807) is 0 Å². The molecule has 3 rings (SSSR count). The molecule has 0 amide bonds. The molecule has 1 aromatic rings. The van der Waals surface area contributed by atoms with Crippen LogP contribution in [0.3, 0.4) is 0 Å². The summed E-state index contributed by atoms with van der Waals surface area (Å²) in [5.74, 6) is 0. The molecule has 16 heavy (non-hydrogen) atoms. The van der Waals surface area contributed by atoms with Crippen LogP contribution in [-0.4, -0.2) is 11.1 Å². The van der Waals surface area contributed by atoms with Crippen LogP contribution in [0.2, 0.25) is 0 Å². The topological polar surface area (TPSA) is 12.4 Å². The summed E-state index contributed by atoms with van der Waals surface area (Å²) in [5, 5.41) is 0. The summed E-state index contributed by atoms with van der Waals surface area (Å²) in [6.45, 7) is 0. The highest BCUT2D eigenvalue weighted by molar-refractivity contribution is 7.98. The van der Waals surface area contributed by atoms with Gasteiger partial charge in [0, 0.05) is 45.5 Å². The van der Waals surface area contributed by atoms with E-state index >= 15 is 0 Å². The van der Waals surface area contributed by atoms with Gasteiger partial charge in [-0.15, -0.1) is 0 Å². The summed E-state index contributed by atoms with van der Waals surface area (Å²) in [6, 6.07) is 8.30. The molecule has 0 aromatic heterocycles. The van der Waals surface area contributed by atoms with Gasteiger partial charge in [0.05, 0.1) is 0 Å². The Hall–Kier alpha value is -1.19. The Bertz CT molecular complexity index is 553. The molecule has 3 heteroatoms. The number of thiocarbonyl (C=S) groups is 1. The maximum atomic E-state index is 5.46. The monoisotopic (exact) mass is 243 g/mol. The third-order valence-corrected chi connectivity index (χ3v) is 3.80. The maximum Gasteiger partial charge on any atom is 0.0434 e. The fourth-order valence-electron chi connectivity index (χ4n) is 1.95. The van der Waals surface area contributed by atoms with Gasteiger partial charge in [-0.2, -0.15) is 0 Å². The second-order valence-electron chi connectivity index (χ2n) is 3.68. The molecule has 2 aliphatic rings. The molecule has 78 valence electrons. The molecule has 0 unspecified atom stereocenters. The Morgan fingerprint density at radius 3 is 3.06 bits per heavy atom. The summed E-state index contributed by atoms with van der Waals surface area (Å²) >= 11 is 6.97. The van der Waals surface area contributed by atoms with E-state index in [2.05, 4.69) is 34.7 Å². The first-order chi connectivity index (χ1) is 7.86. The quantitative estimate of drug-likeness (QED) is 0.506. The van der Waals surface area contributed by atoms with Crippen molar-refractivity contribution in [3.63, 3.8) is 0 Å².